The number of hydrogen-bond acceptors (Lipinski definition) is 9. The van der Waals surface area contributed by atoms with Crippen LogP contribution in [0, 0.1) is 0 Å². The molecule has 0 atom stereocenters. The first-order valence-electron chi connectivity index (χ1n) is 36.3. The maximum absolute atomic E-state index is 6.97. The summed E-state index contributed by atoms with van der Waals surface area (Å²) in [5.41, 5.74) is 18.3. The molecule has 506 valence electrons. The predicted molar refractivity (Wildman–Crippen MR) is 446 cm³/mol. The number of rotatable bonds is 12. The fourth-order valence-corrected chi connectivity index (χ4v) is 15.3. The summed E-state index contributed by atoms with van der Waals surface area (Å²) < 4.78 is 13.8. The van der Waals surface area contributed by atoms with Crippen molar-refractivity contribution in [2.45, 2.75) is 0 Å². The van der Waals surface area contributed by atoms with Gasteiger partial charge in [-0.15, -0.1) is 0 Å². The minimum atomic E-state index is 0.601. The molecule has 17 aromatic carbocycles. The average Bonchev–Trinajstić information content (AvgIpc) is 1.30. The van der Waals surface area contributed by atoms with Gasteiger partial charge in [-0.3, -0.25) is 0 Å². The third kappa shape index (κ3) is 11.5. The normalized spacial score (nSPS) is 11.5. The third-order valence-corrected chi connectivity index (χ3v) is 20.5. The summed E-state index contributed by atoms with van der Waals surface area (Å²) in [6, 6.07) is 133. The SMILES string of the molecule is c1ccc(-c2ccc(N(c3ccc4ccccc4c3)c3cc4ccccc4c4c3oc3ccc(-c5nc(-c6ccccc6)c6ccccc6n5)cc34)cc2)cc1.c1ccc(-c2nc(-c3ccc4ccccc4c3)nc(-c3ccc4oc5c(N(c6ccccc6)c6ccccc6)cc6ccccc6c5c4c3)n2)cc1. The van der Waals surface area contributed by atoms with Crippen LogP contribution >= 0.6 is 0 Å². The van der Waals surface area contributed by atoms with E-state index in [4.69, 9.17) is 33.8 Å². The fraction of sp³-hybridized carbons (Fsp3) is 0. The summed E-state index contributed by atoms with van der Waals surface area (Å²) in [5.74, 6) is 2.53. The number of benzene rings is 17. The Labute approximate surface area is 621 Å². The van der Waals surface area contributed by atoms with Gasteiger partial charge in [0.05, 0.1) is 22.6 Å². The Morgan fingerprint density at radius 1 is 0.204 bits per heavy atom. The molecular formula is C99H63N7O2. The van der Waals surface area contributed by atoms with Gasteiger partial charge in [-0.1, -0.05) is 273 Å². The molecule has 0 bridgehead atoms. The average molecular weight is 1380 g/mol. The highest BCUT2D eigenvalue weighted by molar-refractivity contribution is 6.25. The van der Waals surface area contributed by atoms with Gasteiger partial charge in [-0.25, -0.2) is 24.9 Å². The third-order valence-electron chi connectivity index (χ3n) is 20.5. The molecule has 0 spiro atoms. The number of nitrogens with zero attached hydrogens (tertiary/aromatic N) is 7. The molecule has 21 rings (SSSR count). The molecule has 0 aliphatic heterocycles. The standard InChI is InChI=1S/C52H33N3O.C47H30N4O/c1-3-13-34(14-4-1)36-23-27-41(28-24-36)55(42-29-25-35-15-7-8-18-38(35)31-42)47-33-39-19-9-10-20-43(39)49-45-32-40(26-30-48(45)56-51(47)49)52-53-46-22-12-11-21-44(46)50(54-52)37-16-5-2-6-17-37;1-4-15-32(16-5-1)45-48-46(35-25-24-31-14-10-11-17-33(31)28-35)50-47(49-45)36-26-27-42-40(29-36)43-39-23-13-12-18-34(39)30-41(44(43)52-42)51(37-19-6-2-7-20-37)38-21-8-3-9-22-38/h1-33H;1-30H. The van der Waals surface area contributed by atoms with Crippen LogP contribution in [-0.2, 0) is 0 Å². The quantitative estimate of drug-likeness (QED) is 0.118. The van der Waals surface area contributed by atoms with Gasteiger partial charge in [0.1, 0.15) is 11.2 Å². The maximum atomic E-state index is 6.97. The molecule has 4 aromatic heterocycles. The Hall–Kier alpha value is -14.7. The van der Waals surface area contributed by atoms with Crippen molar-refractivity contribution in [3.05, 3.63) is 382 Å². The van der Waals surface area contributed by atoms with Crippen LogP contribution in [0.5, 0.6) is 0 Å². The number of para-hydroxylation sites is 3. The summed E-state index contributed by atoms with van der Waals surface area (Å²) >= 11 is 0. The van der Waals surface area contributed by atoms with Crippen molar-refractivity contribution in [1.29, 1.82) is 0 Å². The molecule has 108 heavy (non-hydrogen) atoms. The summed E-state index contributed by atoms with van der Waals surface area (Å²) in [7, 11) is 0. The Morgan fingerprint density at radius 2 is 0.565 bits per heavy atom. The minimum absolute atomic E-state index is 0.601. The second-order valence-corrected chi connectivity index (χ2v) is 27.1. The lowest BCUT2D eigenvalue weighted by atomic mass is 9.99. The number of anilines is 6. The zero-order valence-electron chi connectivity index (χ0n) is 58.3. The minimum Gasteiger partial charge on any atom is -0.454 e. The molecule has 0 amide bonds. The highest BCUT2D eigenvalue weighted by Gasteiger charge is 2.26. The van der Waals surface area contributed by atoms with Gasteiger partial charge in [-0.05, 0) is 163 Å². The first-order valence-corrected chi connectivity index (χ1v) is 36.3. The number of furan rings is 2. The molecule has 9 nitrogen and oxygen atoms in total. The van der Waals surface area contributed by atoms with Crippen LogP contribution in [0.15, 0.2) is 391 Å². The lowest BCUT2D eigenvalue weighted by molar-refractivity contribution is 0.669. The van der Waals surface area contributed by atoms with E-state index >= 15 is 0 Å². The molecule has 0 radical (unpaired) electrons. The topological polar surface area (TPSA) is 97.2 Å². The molecule has 0 fully saturated rings. The van der Waals surface area contributed by atoms with Gasteiger partial charge in [0.25, 0.3) is 0 Å². The van der Waals surface area contributed by atoms with Crippen LogP contribution in [0.1, 0.15) is 0 Å². The van der Waals surface area contributed by atoms with Gasteiger partial charge in [0, 0.05) is 77.5 Å². The summed E-state index contributed by atoms with van der Waals surface area (Å²) in [5, 5.41) is 14.3. The highest BCUT2D eigenvalue weighted by Crippen LogP contribution is 2.49. The Bertz CT molecular complexity index is 6950. The Morgan fingerprint density at radius 3 is 1.11 bits per heavy atom. The van der Waals surface area contributed by atoms with Gasteiger partial charge < -0.3 is 18.6 Å². The van der Waals surface area contributed by atoms with Crippen LogP contribution in [0.4, 0.5) is 34.1 Å². The van der Waals surface area contributed by atoms with E-state index in [1.165, 1.54) is 27.3 Å². The molecule has 0 unspecified atom stereocenters. The van der Waals surface area contributed by atoms with Crippen molar-refractivity contribution in [2.24, 2.45) is 0 Å². The molecule has 4 heterocycles. The van der Waals surface area contributed by atoms with Crippen molar-refractivity contribution in [1.82, 2.24) is 24.9 Å². The predicted octanol–water partition coefficient (Wildman–Crippen LogP) is 26.9. The van der Waals surface area contributed by atoms with E-state index in [1.54, 1.807) is 0 Å². The van der Waals surface area contributed by atoms with Gasteiger partial charge >= 0.3 is 0 Å². The first-order chi connectivity index (χ1) is 53.5. The molecule has 0 aliphatic rings. The monoisotopic (exact) mass is 1380 g/mol. The van der Waals surface area contributed by atoms with E-state index in [-0.39, 0.29) is 0 Å². The number of fused-ring (bicyclic) bond motifs is 13. The van der Waals surface area contributed by atoms with Crippen LogP contribution in [-0.4, -0.2) is 24.9 Å². The van der Waals surface area contributed by atoms with E-state index in [9.17, 15) is 0 Å². The number of aromatic nitrogens is 5. The zero-order chi connectivity index (χ0) is 71.4. The Balaban J connectivity index is 0.000000143. The van der Waals surface area contributed by atoms with Crippen molar-refractivity contribution < 1.29 is 8.83 Å². The molecular weight excluding hydrogens is 1320 g/mol. The summed E-state index contributed by atoms with van der Waals surface area (Å²) in [6.45, 7) is 0. The van der Waals surface area contributed by atoms with E-state index < -0.39 is 0 Å². The highest BCUT2D eigenvalue weighted by atomic mass is 16.3. The molecule has 0 aliphatic carbocycles. The van der Waals surface area contributed by atoms with Crippen molar-refractivity contribution in [2.75, 3.05) is 9.80 Å². The van der Waals surface area contributed by atoms with Crippen LogP contribution < -0.4 is 9.80 Å². The van der Waals surface area contributed by atoms with Gasteiger partial charge in [-0.2, -0.15) is 0 Å². The second kappa shape index (κ2) is 26.9. The van der Waals surface area contributed by atoms with E-state index in [0.717, 1.165) is 149 Å². The van der Waals surface area contributed by atoms with Crippen molar-refractivity contribution >= 4 is 132 Å². The van der Waals surface area contributed by atoms with Crippen LogP contribution in [0.2, 0.25) is 0 Å². The second-order valence-electron chi connectivity index (χ2n) is 27.1. The number of hydrogen-bond donors (Lipinski definition) is 0. The lowest BCUT2D eigenvalue weighted by Gasteiger charge is -2.26. The molecule has 9 heteroatoms. The van der Waals surface area contributed by atoms with Crippen molar-refractivity contribution in [3.63, 3.8) is 0 Å². The molecule has 0 saturated heterocycles. The van der Waals surface area contributed by atoms with E-state index in [2.05, 4.69) is 319 Å². The zero-order valence-corrected chi connectivity index (χ0v) is 58.3. The Kier molecular flexibility index (Phi) is 15.7. The van der Waals surface area contributed by atoms with E-state index in [1.807, 2.05) is 72.8 Å². The first kappa shape index (κ1) is 63.1. The van der Waals surface area contributed by atoms with Crippen LogP contribution in [0.3, 0.4) is 0 Å². The van der Waals surface area contributed by atoms with Crippen LogP contribution in [0.25, 0.3) is 166 Å². The largest absolute Gasteiger partial charge is 0.454 e. The van der Waals surface area contributed by atoms with Gasteiger partial charge in [0.2, 0.25) is 0 Å². The maximum Gasteiger partial charge on any atom is 0.164 e. The molecule has 21 aromatic rings. The summed E-state index contributed by atoms with van der Waals surface area (Å²) in [4.78, 5) is 30.1. The van der Waals surface area contributed by atoms with Gasteiger partial charge in [0.15, 0.2) is 34.5 Å². The smallest absolute Gasteiger partial charge is 0.164 e. The lowest BCUT2D eigenvalue weighted by Crippen LogP contribution is -2.10. The fourth-order valence-electron chi connectivity index (χ4n) is 15.3. The molecule has 0 N–H and O–H groups in total. The summed E-state index contributed by atoms with van der Waals surface area (Å²) in [6.07, 6.45) is 0. The molecule has 0 saturated carbocycles. The van der Waals surface area contributed by atoms with Crippen molar-refractivity contribution in [3.8, 4) is 67.9 Å². The van der Waals surface area contributed by atoms with E-state index in [0.29, 0.717) is 23.3 Å².